The molecule has 0 radical (unpaired) electrons. The SMILES string of the molecule is CN=C(NCc1nc2ccccc2n1C)NC(C)CCS(C)(=O)=O.I. The van der Waals surface area contributed by atoms with Gasteiger partial charge in [-0.15, -0.1) is 24.0 Å². The van der Waals surface area contributed by atoms with E-state index in [9.17, 15) is 8.42 Å². The van der Waals surface area contributed by atoms with Crippen LogP contribution >= 0.6 is 24.0 Å². The second-order valence-electron chi connectivity index (χ2n) is 5.97. The van der Waals surface area contributed by atoms with Crippen LogP contribution in [0.2, 0.25) is 0 Å². The molecule has 9 heteroatoms. The van der Waals surface area contributed by atoms with Crippen LogP contribution in [-0.4, -0.2) is 49.0 Å². The molecule has 0 saturated heterocycles. The largest absolute Gasteiger partial charge is 0.354 e. The fourth-order valence-corrected chi connectivity index (χ4v) is 3.19. The standard InChI is InChI=1S/C16H25N5O2S.HI/c1-12(9-10-24(4,22)23)19-16(17-2)18-11-15-20-13-7-5-6-8-14(13)21(15)3;/h5-8,12H,9-11H2,1-4H3,(H2,17,18,19);1H. The maximum absolute atomic E-state index is 11.2. The topological polar surface area (TPSA) is 88.4 Å². The van der Waals surface area contributed by atoms with E-state index in [0.717, 1.165) is 16.9 Å². The van der Waals surface area contributed by atoms with Crippen LogP contribution in [0, 0.1) is 0 Å². The van der Waals surface area contributed by atoms with E-state index >= 15 is 0 Å². The summed E-state index contributed by atoms with van der Waals surface area (Å²) in [5, 5.41) is 6.42. The lowest BCUT2D eigenvalue weighted by atomic mass is 10.3. The van der Waals surface area contributed by atoms with Crippen molar-refractivity contribution in [2.24, 2.45) is 12.0 Å². The highest BCUT2D eigenvalue weighted by molar-refractivity contribution is 14.0. The molecule has 0 spiro atoms. The summed E-state index contributed by atoms with van der Waals surface area (Å²) in [5.41, 5.74) is 2.04. The van der Waals surface area contributed by atoms with Gasteiger partial charge in [0.15, 0.2) is 5.96 Å². The minimum Gasteiger partial charge on any atom is -0.354 e. The lowest BCUT2D eigenvalue weighted by Gasteiger charge is -2.17. The number of aliphatic imine (C=N–C) groups is 1. The molecular weight excluding hydrogens is 453 g/mol. The molecule has 1 unspecified atom stereocenters. The van der Waals surface area contributed by atoms with Gasteiger partial charge in [0.25, 0.3) is 0 Å². The molecule has 0 bridgehead atoms. The number of nitrogens with one attached hydrogen (secondary N) is 2. The fraction of sp³-hybridized carbons (Fsp3) is 0.500. The Labute approximate surface area is 166 Å². The number of aryl methyl sites for hydroxylation is 1. The van der Waals surface area contributed by atoms with Crippen LogP contribution < -0.4 is 10.6 Å². The molecule has 2 aromatic rings. The second kappa shape index (κ2) is 9.37. The molecule has 0 saturated carbocycles. The predicted octanol–water partition coefficient (Wildman–Crippen LogP) is 1.68. The van der Waals surface area contributed by atoms with E-state index in [2.05, 4.69) is 20.6 Å². The molecule has 1 aromatic carbocycles. The first-order valence-electron chi connectivity index (χ1n) is 7.85. The molecule has 0 aliphatic rings. The van der Waals surface area contributed by atoms with Gasteiger partial charge < -0.3 is 15.2 Å². The summed E-state index contributed by atoms with van der Waals surface area (Å²) in [7, 11) is 0.720. The number of hydrogen-bond acceptors (Lipinski definition) is 4. The zero-order valence-electron chi connectivity index (χ0n) is 15.0. The van der Waals surface area contributed by atoms with Gasteiger partial charge in [-0.2, -0.15) is 0 Å². The number of nitrogens with zero attached hydrogens (tertiary/aromatic N) is 3. The molecule has 25 heavy (non-hydrogen) atoms. The maximum Gasteiger partial charge on any atom is 0.191 e. The summed E-state index contributed by atoms with van der Waals surface area (Å²) in [6, 6.07) is 7.99. The zero-order chi connectivity index (χ0) is 17.7. The number of halogens is 1. The molecule has 2 N–H and O–H groups in total. The average molecular weight is 479 g/mol. The molecule has 0 fully saturated rings. The Balaban J connectivity index is 0.00000312. The quantitative estimate of drug-likeness (QED) is 0.374. The fourth-order valence-electron chi connectivity index (χ4n) is 2.41. The number of guanidine groups is 1. The summed E-state index contributed by atoms with van der Waals surface area (Å²) in [6.45, 7) is 2.47. The van der Waals surface area contributed by atoms with Crippen molar-refractivity contribution < 1.29 is 8.42 Å². The Bertz CT molecular complexity index is 832. The summed E-state index contributed by atoms with van der Waals surface area (Å²) in [6.07, 6.45) is 1.78. The normalized spacial score (nSPS) is 13.4. The number of aromatic nitrogens is 2. The van der Waals surface area contributed by atoms with Crippen molar-refractivity contribution in [1.29, 1.82) is 0 Å². The summed E-state index contributed by atoms with van der Waals surface area (Å²) >= 11 is 0. The smallest absolute Gasteiger partial charge is 0.191 e. The van der Waals surface area contributed by atoms with Crippen LogP contribution in [0.5, 0.6) is 0 Å². The third-order valence-corrected chi connectivity index (χ3v) is 4.80. The van der Waals surface area contributed by atoms with E-state index < -0.39 is 9.84 Å². The first-order chi connectivity index (χ1) is 11.3. The first-order valence-corrected chi connectivity index (χ1v) is 9.91. The molecule has 0 amide bonds. The van der Waals surface area contributed by atoms with Crippen molar-refractivity contribution in [3.05, 3.63) is 30.1 Å². The van der Waals surface area contributed by atoms with Gasteiger partial charge in [0, 0.05) is 26.4 Å². The van der Waals surface area contributed by atoms with Gasteiger partial charge >= 0.3 is 0 Å². The van der Waals surface area contributed by atoms with Crippen LogP contribution in [0.4, 0.5) is 0 Å². The van der Waals surface area contributed by atoms with Gasteiger partial charge in [-0.1, -0.05) is 12.1 Å². The maximum atomic E-state index is 11.2. The molecule has 0 aliphatic heterocycles. The van der Waals surface area contributed by atoms with E-state index in [0.29, 0.717) is 18.9 Å². The first kappa shape index (κ1) is 21.7. The Morgan fingerprint density at radius 3 is 2.64 bits per heavy atom. The minimum atomic E-state index is -2.95. The monoisotopic (exact) mass is 479 g/mol. The molecule has 1 aromatic heterocycles. The van der Waals surface area contributed by atoms with Gasteiger partial charge in [0.2, 0.25) is 0 Å². The molecule has 140 valence electrons. The van der Waals surface area contributed by atoms with Crippen molar-refractivity contribution in [1.82, 2.24) is 20.2 Å². The third kappa shape index (κ3) is 6.46. The Hall–Kier alpha value is -1.36. The number of sulfone groups is 1. The van der Waals surface area contributed by atoms with Crippen molar-refractivity contribution in [2.75, 3.05) is 19.1 Å². The van der Waals surface area contributed by atoms with Gasteiger partial charge in [-0.05, 0) is 25.5 Å². The predicted molar refractivity (Wildman–Crippen MR) is 113 cm³/mol. The molecule has 1 atom stereocenters. The van der Waals surface area contributed by atoms with Gasteiger partial charge in [-0.25, -0.2) is 13.4 Å². The molecule has 1 heterocycles. The Kier molecular flexibility index (Phi) is 8.13. The van der Waals surface area contributed by atoms with Crippen molar-refractivity contribution in [2.45, 2.75) is 25.9 Å². The molecule has 0 aliphatic carbocycles. The minimum absolute atomic E-state index is 0. The summed E-state index contributed by atoms with van der Waals surface area (Å²) in [4.78, 5) is 8.78. The Morgan fingerprint density at radius 2 is 2.04 bits per heavy atom. The highest BCUT2D eigenvalue weighted by atomic mass is 127. The highest BCUT2D eigenvalue weighted by Crippen LogP contribution is 2.13. The number of para-hydroxylation sites is 2. The van der Waals surface area contributed by atoms with Crippen LogP contribution in [-0.2, 0) is 23.4 Å². The number of benzene rings is 1. The van der Waals surface area contributed by atoms with Gasteiger partial charge in [0.05, 0.1) is 23.3 Å². The van der Waals surface area contributed by atoms with E-state index in [4.69, 9.17) is 0 Å². The van der Waals surface area contributed by atoms with Crippen molar-refractivity contribution in [3.8, 4) is 0 Å². The number of imidazole rings is 1. The number of hydrogen-bond donors (Lipinski definition) is 2. The average Bonchev–Trinajstić information content (AvgIpc) is 2.85. The van der Waals surface area contributed by atoms with E-state index in [1.165, 1.54) is 6.26 Å². The van der Waals surface area contributed by atoms with Gasteiger partial charge in [-0.3, -0.25) is 4.99 Å². The second-order valence-corrected chi connectivity index (χ2v) is 8.23. The van der Waals surface area contributed by atoms with Crippen LogP contribution in [0.1, 0.15) is 19.2 Å². The summed E-state index contributed by atoms with van der Waals surface area (Å²) < 4.78 is 24.5. The Morgan fingerprint density at radius 1 is 1.36 bits per heavy atom. The lowest BCUT2D eigenvalue weighted by Crippen LogP contribution is -2.42. The van der Waals surface area contributed by atoms with E-state index in [1.807, 2.05) is 42.8 Å². The molecular formula is C16H26IN5O2S. The van der Waals surface area contributed by atoms with Crippen LogP contribution in [0.3, 0.4) is 0 Å². The van der Waals surface area contributed by atoms with Crippen molar-refractivity contribution in [3.63, 3.8) is 0 Å². The molecule has 2 rings (SSSR count). The van der Waals surface area contributed by atoms with Crippen LogP contribution in [0.15, 0.2) is 29.3 Å². The zero-order valence-corrected chi connectivity index (χ0v) is 18.1. The van der Waals surface area contributed by atoms with Gasteiger partial charge in [0.1, 0.15) is 15.7 Å². The lowest BCUT2D eigenvalue weighted by molar-refractivity contribution is 0.580. The summed E-state index contributed by atoms with van der Waals surface area (Å²) in [5.74, 6) is 1.69. The van der Waals surface area contributed by atoms with E-state index in [1.54, 1.807) is 7.05 Å². The van der Waals surface area contributed by atoms with Crippen LogP contribution in [0.25, 0.3) is 11.0 Å². The third-order valence-electron chi connectivity index (χ3n) is 3.82. The van der Waals surface area contributed by atoms with Crippen molar-refractivity contribution >= 4 is 50.8 Å². The number of fused-ring (bicyclic) bond motifs is 1. The highest BCUT2D eigenvalue weighted by Gasteiger charge is 2.11. The molecule has 7 nitrogen and oxygen atoms in total. The van der Waals surface area contributed by atoms with E-state index in [-0.39, 0.29) is 35.8 Å². The number of rotatable bonds is 6.